The molecule has 0 spiro atoms. The fourth-order valence-corrected chi connectivity index (χ4v) is 1.47. The molecule has 0 atom stereocenters. The Labute approximate surface area is 108 Å². The van der Waals surface area contributed by atoms with Gasteiger partial charge in [-0.25, -0.2) is 0 Å². The van der Waals surface area contributed by atoms with Crippen molar-refractivity contribution < 1.29 is 14.8 Å². The number of hydrogen-bond acceptors (Lipinski definition) is 4. The third kappa shape index (κ3) is 4.14. The number of amides is 1. The Bertz CT molecular complexity index is 393. The zero-order valence-corrected chi connectivity index (χ0v) is 11.0. The van der Waals surface area contributed by atoms with E-state index < -0.39 is 7.12 Å². The molecule has 1 aromatic carbocycles. The molecule has 0 unspecified atom stereocenters. The molecule has 1 rings (SSSR count). The minimum Gasteiger partial charge on any atom is -0.423 e. The van der Waals surface area contributed by atoms with Crippen LogP contribution in [0.2, 0.25) is 0 Å². The molecule has 0 radical (unpaired) electrons. The van der Waals surface area contributed by atoms with Gasteiger partial charge in [0.05, 0.1) is 0 Å². The van der Waals surface area contributed by atoms with E-state index in [0.29, 0.717) is 17.6 Å². The molecular formula is C12H19BN2O3. The molecule has 6 heteroatoms. The molecule has 0 aliphatic carbocycles. The highest BCUT2D eigenvalue weighted by Crippen LogP contribution is 2.02. The van der Waals surface area contributed by atoms with Gasteiger partial charge in [0.1, 0.15) is 0 Å². The predicted octanol–water partition coefficient (Wildman–Crippen LogP) is -1.000. The van der Waals surface area contributed by atoms with Crippen molar-refractivity contribution in [3.63, 3.8) is 0 Å². The van der Waals surface area contributed by atoms with Gasteiger partial charge in [-0.2, -0.15) is 0 Å². The lowest BCUT2D eigenvalue weighted by molar-refractivity contribution is 0.0786. The first-order valence-electron chi connectivity index (χ1n) is 5.78. The zero-order chi connectivity index (χ0) is 13.7. The van der Waals surface area contributed by atoms with Crippen molar-refractivity contribution in [1.29, 1.82) is 0 Å². The minimum absolute atomic E-state index is 0.0733. The van der Waals surface area contributed by atoms with E-state index in [-0.39, 0.29) is 5.91 Å². The topological polar surface area (TPSA) is 64.0 Å². The van der Waals surface area contributed by atoms with Crippen LogP contribution in [0, 0.1) is 0 Å². The minimum atomic E-state index is -1.50. The van der Waals surface area contributed by atoms with Crippen LogP contribution in [0.15, 0.2) is 24.3 Å². The van der Waals surface area contributed by atoms with Crippen LogP contribution in [-0.4, -0.2) is 67.1 Å². The lowest BCUT2D eigenvalue weighted by Crippen LogP contribution is -2.34. The third-order valence-electron chi connectivity index (χ3n) is 2.69. The Morgan fingerprint density at radius 1 is 1.11 bits per heavy atom. The highest BCUT2D eigenvalue weighted by atomic mass is 16.4. The highest BCUT2D eigenvalue weighted by molar-refractivity contribution is 6.58. The molecule has 1 aromatic rings. The van der Waals surface area contributed by atoms with E-state index in [9.17, 15) is 4.79 Å². The second-order valence-corrected chi connectivity index (χ2v) is 4.53. The van der Waals surface area contributed by atoms with E-state index in [2.05, 4.69) is 0 Å². The molecule has 0 fully saturated rings. The van der Waals surface area contributed by atoms with E-state index in [1.54, 1.807) is 24.1 Å². The Balaban J connectivity index is 2.66. The van der Waals surface area contributed by atoms with Crippen LogP contribution in [0.25, 0.3) is 0 Å². The SMILES string of the molecule is CN(C)CCN(C)C(=O)c1ccc(B(O)O)cc1. The van der Waals surface area contributed by atoms with Gasteiger partial charge in [-0.1, -0.05) is 12.1 Å². The van der Waals surface area contributed by atoms with Gasteiger partial charge in [-0.15, -0.1) is 0 Å². The van der Waals surface area contributed by atoms with Crippen LogP contribution in [-0.2, 0) is 0 Å². The van der Waals surface area contributed by atoms with Gasteiger partial charge in [-0.05, 0) is 31.7 Å². The van der Waals surface area contributed by atoms with Crippen LogP contribution >= 0.6 is 0 Å². The van der Waals surface area contributed by atoms with Gasteiger partial charge in [0, 0.05) is 25.7 Å². The first kappa shape index (κ1) is 14.7. The number of carbonyl (C=O) groups excluding carboxylic acids is 1. The number of nitrogens with zero attached hydrogens (tertiary/aromatic N) is 2. The van der Waals surface area contributed by atoms with E-state index >= 15 is 0 Å². The summed E-state index contributed by atoms with van der Waals surface area (Å²) in [5.74, 6) is -0.0733. The van der Waals surface area contributed by atoms with Crippen molar-refractivity contribution in [1.82, 2.24) is 9.80 Å². The molecule has 0 saturated heterocycles. The normalized spacial score (nSPS) is 10.6. The largest absolute Gasteiger partial charge is 0.488 e. The van der Waals surface area contributed by atoms with Crippen LogP contribution in [0.5, 0.6) is 0 Å². The Kier molecular flexibility index (Phi) is 5.34. The second-order valence-electron chi connectivity index (χ2n) is 4.53. The Morgan fingerprint density at radius 2 is 1.67 bits per heavy atom. The molecule has 0 bridgehead atoms. The molecule has 98 valence electrons. The number of hydrogen-bond donors (Lipinski definition) is 2. The average Bonchev–Trinajstić information content (AvgIpc) is 2.35. The summed E-state index contributed by atoms with van der Waals surface area (Å²) in [7, 11) is 4.16. The molecular weight excluding hydrogens is 231 g/mol. The number of carbonyl (C=O) groups is 1. The fraction of sp³-hybridized carbons (Fsp3) is 0.417. The average molecular weight is 250 g/mol. The van der Waals surface area contributed by atoms with Gasteiger partial charge in [-0.3, -0.25) is 4.79 Å². The van der Waals surface area contributed by atoms with E-state index in [4.69, 9.17) is 10.0 Å². The van der Waals surface area contributed by atoms with Crippen LogP contribution < -0.4 is 5.46 Å². The summed E-state index contributed by atoms with van der Waals surface area (Å²) in [6, 6.07) is 6.28. The van der Waals surface area contributed by atoms with E-state index in [1.807, 2.05) is 19.0 Å². The van der Waals surface area contributed by atoms with Crippen molar-refractivity contribution in [3.8, 4) is 0 Å². The van der Waals surface area contributed by atoms with Crippen molar-refractivity contribution in [3.05, 3.63) is 29.8 Å². The molecule has 0 aromatic heterocycles. The predicted molar refractivity (Wildman–Crippen MR) is 71.8 cm³/mol. The first-order valence-corrected chi connectivity index (χ1v) is 5.78. The van der Waals surface area contributed by atoms with Gasteiger partial charge in [0.15, 0.2) is 0 Å². The number of likely N-dealkylation sites (N-methyl/N-ethyl adjacent to an activating group) is 2. The van der Waals surface area contributed by atoms with Gasteiger partial charge in [0.2, 0.25) is 0 Å². The monoisotopic (exact) mass is 250 g/mol. The molecule has 0 aliphatic heterocycles. The van der Waals surface area contributed by atoms with Crippen LogP contribution in [0.3, 0.4) is 0 Å². The molecule has 1 amide bonds. The Morgan fingerprint density at radius 3 is 2.11 bits per heavy atom. The lowest BCUT2D eigenvalue weighted by atomic mass is 9.80. The van der Waals surface area contributed by atoms with E-state index in [1.165, 1.54) is 12.1 Å². The van der Waals surface area contributed by atoms with Crippen molar-refractivity contribution in [2.75, 3.05) is 34.2 Å². The van der Waals surface area contributed by atoms with Crippen LogP contribution in [0.1, 0.15) is 10.4 Å². The lowest BCUT2D eigenvalue weighted by Gasteiger charge is -2.19. The molecule has 18 heavy (non-hydrogen) atoms. The summed E-state index contributed by atoms with van der Waals surface area (Å²) in [4.78, 5) is 15.7. The molecule has 0 heterocycles. The quantitative estimate of drug-likeness (QED) is 0.658. The first-order chi connectivity index (χ1) is 8.41. The van der Waals surface area contributed by atoms with E-state index in [0.717, 1.165) is 6.54 Å². The maximum absolute atomic E-state index is 12.0. The summed E-state index contributed by atoms with van der Waals surface area (Å²) < 4.78 is 0. The summed E-state index contributed by atoms with van der Waals surface area (Å²) in [5, 5.41) is 17.9. The summed E-state index contributed by atoms with van der Waals surface area (Å²) in [5.41, 5.74) is 0.920. The maximum atomic E-state index is 12.0. The van der Waals surface area contributed by atoms with Gasteiger partial charge in [0.25, 0.3) is 5.91 Å². The van der Waals surface area contributed by atoms with Crippen molar-refractivity contribution in [2.24, 2.45) is 0 Å². The smallest absolute Gasteiger partial charge is 0.423 e. The molecule has 2 N–H and O–H groups in total. The van der Waals surface area contributed by atoms with Crippen molar-refractivity contribution in [2.45, 2.75) is 0 Å². The number of rotatable bonds is 5. The fourth-order valence-electron chi connectivity index (χ4n) is 1.47. The third-order valence-corrected chi connectivity index (χ3v) is 2.69. The molecule has 0 aliphatic rings. The number of benzene rings is 1. The Hall–Kier alpha value is -1.37. The van der Waals surface area contributed by atoms with Gasteiger partial charge >= 0.3 is 7.12 Å². The zero-order valence-electron chi connectivity index (χ0n) is 11.0. The maximum Gasteiger partial charge on any atom is 0.488 e. The second kappa shape index (κ2) is 6.54. The standard InChI is InChI=1S/C12H19BN2O3/c1-14(2)8-9-15(3)12(16)10-4-6-11(7-5-10)13(17)18/h4-7,17-18H,8-9H2,1-3H3. The molecule has 5 nitrogen and oxygen atoms in total. The van der Waals surface area contributed by atoms with Crippen LogP contribution in [0.4, 0.5) is 0 Å². The molecule has 0 saturated carbocycles. The summed E-state index contributed by atoms with van der Waals surface area (Å²) in [6.07, 6.45) is 0. The van der Waals surface area contributed by atoms with Gasteiger partial charge < -0.3 is 19.8 Å². The van der Waals surface area contributed by atoms with Crippen molar-refractivity contribution >= 4 is 18.5 Å². The summed E-state index contributed by atoms with van der Waals surface area (Å²) in [6.45, 7) is 1.45. The summed E-state index contributed by atoms with van der Waals surface area (Å²) >= 11 is 0. The highest BCUT2D eigenvalue weighted by Gasteiger charge is 2.14.